The zero-order valence-corrected chi connectivity index (χ0v) is 20.6. The van der Waals surface area contributed by atoms with E-state index in [4.69, 9.17) is 9.47 Å². The SMILES string of the molecule is COCCn1cnc2c1c(=O)n(CC(=O)OCC(=O)NCc1ccc(F)cc1)c(=O)n2Cc1ccccc1. The van der Waals surface area contributed by atoms with Gasteiger partial charge in [0, 0.05) is 20.2 Å². The molecule has 38 heavy (non-hydrogen) atoms. The van der Waals surface area contributed by atoms with Crippen LogP contribution in [0.5, 0.6) is 0 Å². The summed E-state index contributed by atoms with van der Waals surface area (Å²) in [6.07, 6.45) is 1.44. The maximum atomic E-state index is 13.3. The summed E-state index contributed by atoms with van der Waals surface area (Å²) >= 11 is 0. The summed E-state index contributed by atoms with van der Waals surface area (Å²) in [5, 5.41) is 2.55. The van der Waals surface area contributed by atoms with Crippen molar-refractivity contribution in [3.63, 3.8) is 0 Å². The smallest absolute Gasteiger partial charge is 0.333 e. The second kappa shape index (κ2) is 12.1. The molecule has 4 aromatic rings. The van der Waals surface area contributed by atoms with E-state index in [9.17, 15) is 23.6 Å². The third-order valence-corrected chi connectivity index (χ3v) is 5.76. The van der Waals surface area contributed by atoms with Crippen molar-refractivity contribution in [2.24, 2.45) is 0 Å². The highest BCUT2D eigenvalue weighted by Crippen LogP contribution is 2.10. The summed E-state index contributed by atoms with van der Waals surface area (Å²) in [5.74, 6) is -1.92. The lowest BCUT2D eigenvalue weighted by atomic mass is 10.2. The number of rotatable bonds is 11. The molecule has 1 amide bonds. The molecule has 198 valence electrons. The van der Waals surface area contributed by atoms with Crippen LogP contribution in [-0.2, 0) is 45.2 Å². The molecule has 11 nitrogen and oxygen atoms in total. The summed E-state index contributed by atoms with van der Waals surface area (Å²) in [5.41, 5.74) is 0.344. The molecule has 2 aromatic heterocycles. The summed E-state index contributed by atoms with van der Waals surface area (Å²) in [6, 6.07) is 14.7. The molecule has 0 saturated heterocycles. The van der Waals surface area contributed by atoms with Gasteiger partial charge >= 0.3 is 11.7 Å². The second-order valence-corrected chi connectivity index (χ2v) is 8.41. The molecule has 2 heterocycles. The van der Waals surface area contributed by atoms with E-state index in [-0.39, 0.29) is 24.3 Å². The van der Waals surface area contributed by atoms with Crippen LogP contribution in [0.15, 0.2) is 70.5 Å². The van der Waals surface area contributed by atoms with Gasteiger partial charge in [-0.1, -0.05) is 42.5 Å². The fourth-order valence-electron chi connectivity index (χ4n) is 3.82. The maximum Gasteiger partial charge on any atom is 0.333 e. The third-order valence-electron chi connectivity index (χ3n) is 5.76. The van der Waals surface area contributed by atoms with Crippen molar-refractivity contribution in [2.45, 2.75) is 26.2 Å². The van der Waals surface area contributed by atoms with Crippen molar-refractivity contribution >= 4 is 23.0 Å². The Bertz CT molecular complexity index is 1540. The molecular weight excluding hydrogens is 497 g/mol. The van der Waals surface area contributed by atoms with Gasteiger partial charge in [-0.25, -0.2) is 18.7 Å². The van der Waals surface area contributed by atoms with Crippen molar-refractivity contribution in [3.8, 4) is 0 Å². The van der Waals surface area contributed by atoms with Crippen LogP contribution in [-0.4, -0.2) is 50.9 Å². The van der Waals surface area contributed by atoms with Gasteiger partial charge in [0.05, 0.1) is 19.5 Å². The van der Waals surface area contributed by atoms with Gasteiger partial charge < -0.3 is 19.4 Å². The Kier molecular flexibility index (Phi) is 8.44. The fraction of sp³-hybridized carbons (Fsp3) is 0.269. The average molecular weight is 524 g/mol. The normalized spacial score (nSPS) is 11.0. The number of aromatic nitrogens is 4. The molecule has 0 aliphatic carbocycles. The highest BCUT2D eigenvalue weighted by Gasteiger charge is 2.21. The minimum atomic E-state index is -0.935. The predicted octanol–water partition coefficient (Wildman–Crippen LogP) is 1.05. The zero-order valence-electron chi connectivity index (χ0n) is 20.6. The molecule has 0 unspecified atom stereocenters. The van der Waals surface area contributed by atoms with Gasteiger partial charge in [-0.2, -0.15) is 0 Å². The number of halogens is 1. The number of nitrogens with zero attached hydrogens (tertiary/aromatic N) is 4. The van der Waals surface area contributed by atoms with Gasteiger partial charge in [0.2, 0.25) is 0 Å². The van der Waals surface area contributed by atoms with Crippen LogP contribution in [0.25, 0.3) is 11.2 Å². The largest absolute Gasteiger partial charge is 0.454 e. The van der Waals surface area contributed by atoms with Crippen LogP contribution in [0.1, 0.15) is 11.1 Å². The molecule has 0 bridgehead atoms. The first-order valence-corrected chi connectivity index (χ1v) is 11.8. The molecule has 0 aliphatic heterocycles. The van der Waals surface area contributed by atoms with Gasteiger partial charge in [-0.15, -0.1) is 0 Å². The molecule has 0 radical (unpaired) electrons. The minimum absolute atomic E-state index is 0.114. The first-order valence-electron chi connectivity index (χ1n) is 11.8. The summed E-state index contributed by atoms with van der Waals surface area (Å²) < 4.78 is 26.8. The Balaban J connectivity index is 1.53. The molecule has 1 N–H and O–H groups in total. The molecule has 0 aliphatic rings. The quantitative estimate of drug-likeness (QED) is 0.291. The average Bonchev–Trinajstić information content (AvgIpc) is 3.35. The summed E-state index contributed by atoms with van der Waals surface area (Å²) in [7, 11) is 1.52. The number of esters is 1. The van der Waals surface area contributed by atoms with E-state index >= 15 is 0 Å². The van der Waals surface area contributed by atoms with E-state index in [1.165, 1.54) is 42.3 Å². The van der Waals surface area contributed by atoms with Crippen LogP contribution in [0.4, 0.5) is 4.39 Å². The van der Waals surface area contributed by atoms with Gasteiger partial charge in [0.15, 0.2) is 17.8 Å². The van der Waals surface area contributed by atoms with E-state index in [0.717, 1.165) is 10.1 Å². The third kappa shape index (κ3) is 6.21. The van der Waals surface area contributed by atoms with Crippen molar-refractivity contribution in [1.29, 1.82) is 0 Å². The Labute approximate surface area is 216 Å². The standard InChI is InChI=1S/C26H26FN5O6/c1-37-12-11-30-17-29-24-23(30)25(35)32(26(36)31(24)14-19-5-3-2-4-6-19)15-22(34)38-16-21(33)28-13-18-7-9-20(27)10-8-18/h2-10,17H,11-16H2,1H3,(H,28,33). The van der Waals surface area contributed by atoms with E-state index < -0.39 is 42.1 Å². The lowest BCUT2D eigenvalue weighted by Crippen LogP contribution is -2.43. The summed E-state index contributed by atoms with van der Waals surface area (Å²) in [4.78, 5) is 55.5. The number of carbonyl (C=O) groups excluding carboxylic acids is 2. The Hall–Kier alpha value is -4.58. The number of imidazole rings is 1. The van der Waals surface area contributed by atoms with Gasteiger partial charge in [-0.3, -0.25) is 19.0 Å². The van der Waals surface area contributed by atoms with E-state index in [2.05, 4.69) is 10.3 Å². The highest BCUT2D eigenvalue weighted by atomic mass is 19.1. The van der Waals surface area contributed by atoms with Gasteiger partial charge in [0.25, 0.3) is 11.5 Å². The monoisotopic (exact) mass is 523 g/mol. The molecule has 2 aromatic carbocycles. The second-order valence-electron chi connectivity index (χ2n) is 8.41. The Morgan fingerprint density at radius 3 is 2.45 bits per heavy atom. The highest BCUT2D eigenvalue weighted by molar-refractivity contribution is 5.80. The van der Waals surface area contributed by atoms with Crippen LogP contribution in [0.2, 0.25) is 0 Å². The van der Waals surface area contributed by atoms with Crippen LogP contribution in [0.3, 0.4) is 0 Å². The number of carbonyl (C=O) groups is 2. The number of amides is 1. The molecule has 12 heteroatoms. The van der Waals surface area contributed by atoms with Crippen molar-refractivity contribution in [1.82, 2.24) is 24.0 Å². The predicted molar refractivity (Wildman–Crippen MR) is 135 cm³/mol. The van der Waals surface area contributed by atoms with Crippen LogP contribution >= 0.6 is 0 Å². The molecule has 0 atom stereocenters. The molecular formula is C26H26FN5O6. The molecule has 4 rings (SSSR count). The fourth-order valence-corrected chi connectivity index (χ4v) is 3.82. The van der Waals surface area contributed by atoms with Crippen molar-refractivity contribution in [2.75, 3.05) is 20.3 Å². The molecule has 0 spiro atoms. The number of methoxy groups -OCH3 is 1. The summed E-state index contributed by atoms with van der Waals surface area (Å²) in [6.45, 7) is -0.451. The molecule has 0 saturated carbocycles. The number of benzene rings is 2. The van der Waals surface area contributed by atoms with E-state index in [1.807, 2.05) is 30.3 Å². The number of hydrogen-bond donors (Lipinski definition) is 1. The Morgan fingerprint density at radius 1 is 1.00 bits per heavy atom. The number of nitrogens with one attached hydrogen (secondary N) is 1. The number of ether oxygens (including phenoxy) is 2. The lowest BCUT2D eigenvalue weighted by molar-refractivity contribution is -0.149. The minimum Gasteiger partial charge on any atom is -0.454 e. The first kappa shape index (κ1) is 26.5. The van der Waals surface area contributed by atoms with Crippen molar-refractivity contribution in [3.05, 3.63) is 98.7 Å². The first-order chi connectivity index (χ1) is 18.4. The zero-order chi connectivity index (χ0) is 27.1. The van der Waals surface area contributed by atoms with Gasteiger partial charge in [-0.05, 0) is 23.3 Å². The Morgan fingerprint density at radius 2 is 1.74 bits per heavy atom. The molecule has 0 fully saturated rings. The maximum absolute atomic E-state index is 13.3. The van der Waals surface area contributed by atoms with Crippen molar-refractivity contribution < 1.29 is 23.5 Å². The lowest BCUT2D eigenvalue weighted by Gasteiger charge is -2.13. The number of hydrogen-bond acceptors (Lipinski definition) is 7. The van der Waals surface area contributed by atoms with Gasteiger partial charge in [0.1, 0.15) is 12.4 Å². The van der Waals surface area contributed by atoms with Crippen LogP contribution in [0, 0.1) is 5.82 Å². The van der Waals surface area contributed by atoms with E-state index in [1.54, 1.807) is 4.57 Å². The van der Waals surface area contributed by atoms with Crippen LogP contribution < -0.4 is 16.6 Å². The van der Waals surface area contributed by atoms with E-state index in [0.29, 0.717) is 18.7 Å². The topological polar surface area (TPSA) is 126 Å². The number of fused-ring (bicyclic) bond motifs is 1.